The fraction of sp³-hybridized carbons (Fsp3) is 0.217. The minimum atomic E-state index is -1.28. The quantitative estimate of drug-likeness (QED) is 0.693. The standard InChI is InChI=1S/C23H17ClN2O2/c24-18-12-20-21(26-14-18)22(27)11-10-19(16-4-2-1-3-5-16)23(22,28-20)17-8-6-15(13-25)7-9-17/h1-9,12,14,19,27H,10-11H2/t19-,22?,23?/m0/s1. The van der Waals surface area contributed by atoms with Gasteiger partial charge < -0.3 is 9.84 Å². The van der Waals surface area contributed by atoms with Gasteiger partial charge in [0.2, 0.25) is 0 Å². The van der Waals surface area contributed by atoms with E-state index >= 15 is 0 Å². The van der Waals surface area contributed by atoms with Gasteiger partial charge in [0.1, 0.15) is 11.4 Å². The van der Waals surface area contributed by atoms with Crippen LogP contribution in [0.5, 0.6) is 5.75 Å². The topological polar surface area (TPSA) is 66.1 Å². The molecule has 0 spiro atoms. The second-order valence-electron chi connectivity index (χ2n) is 7.39. The number of pyridine rings is 1. The summed E-state index contributed by atoms with van der Waals surface area (Å²) in [7, 11) is 0. The van der Waals surface area contributed by atoms with Crippen LogP contribution in [0.4, 0.5) is 0 Å². The van der Waals surface area contributed by atoms with Gasteiger partial charge in [0.25, 0.3) is 0 Å². The molecule has 5 rings (SSSR count). The van der Waals surface area contributed by atoms with E-state index in [9.17, 15) is 10.4 Å². The molecule has 2 heterocycles. The summed E-state index contributed by atoms with van der Waals surface area (Å²) in [4.78, 5) is 4.45. The predicted octanol–water partition coefficient (Wildman–Crippen LogP) is 4.66. The molecular weight excluding hydrogens is 372 g/mol. The van der Waals surface area contributed by atoms with Gasteiger partial charge in [-0.05, 0) is 36.1 Å². The van der Waals surface area contributed by atoms with E-state index in [1.54, 1.807) is 24.4 Å². The Morgan fingerprint density at radius 3 is 2.61 bits per heavy atom. The van der Waals surface area contributed by atoms with E-state index in [-0.39, 0.29) is 5.92 Å². The lowest BCUT2D eigenvalue weighted by Crippen LogP contribution is -2.48. The van der Waals surface area contributed by atoms with E-state index in [1.807, 2.05) is 30.3 Å². The van der Waals surface area contributed by atoms with Crippen LogP contribution in [-0.2, 0) is 11.2 Å². The Hall–Kier alpha value is -2.87. The fourth-order valence-electron chi connectivity index (χ4n) is 4.84. The third-order valence-corrected chi connectivity index (χ3v) is 6.23. The molecule has 1 N–H and O–H groups in total. The molecule has 1 aromatic heterocycles. The number of nitrogens with zero attached hydrogens (tertiary/aromatic N) is 2. The van der Waals surface area contributed by atoms with Crippen molar-refractivity contribution >= 4 is 11.6 Å². The van der Waals surface area contributed by atoms with Crippen LogP contribution in [0.1, 0.15) is 41.1 Å². The van der Waals surface area contributed by atoms with E-state index in [4.69, 9.17) is 16.3 Å². The van der Waals surface area contributed by atoms with Crippen molar-refractivity contribution < 1.29 is 9.84 Å². The normalized spacial score (nSPS) is 27.5. The van der Waals surface area contributed by atoms with Crippen molar-refractivity contribution in [3.63, 3.8) is 0 Å². The van der Waals surface area contributed by atoms with Crippen LogP contribution in [0.3, 0.4) is 0 Å². The fourth-order valence-corrected chi connectivity index (χ4v) is 4.99. The first-order chi connectivity index (χ1) is 13.6. The Morgan fingerprint density at radius 1 is 1.14 bits per heavy atom. The van der Waals surface area contributed by atoms with Crippen molar-refractivity contribution in [2.45, 2.75) is 30.0 Å². The molecular formula is C23H17ClN2O2. The predicted molar refractivity (Wildman–Crippen MR) is 105 cm³/mol. The maximum Gasteiger partial charge on any atom is 0.175 e. The third-order valence-electron chi connectivity index (χ3n) is 6.03. The van der Waals surface area contributed by atoms with E-state index in [2.05, 4.69) is 23.2 Å². The molecule has 2 unspecified atom stereocenters. The van der Waals surface area contributed by atoms with Crippen LogP contribution >= 0.6 is 11.6 Å². The Kier molecular flexibility index (Phi) is 3.74. The first kappa shape index (κ1) is 17.2. The number of hydrogen-bond donors (Lipinski definition) is 1. The van der Waals surface area contributed by atoms with E-state index in [0.29, 0.717) is 28.5 Å². The lowest BCUT2D eigenvalue weighted by atomic mass is 9.72. The molecule has 3 atom stereocenters. The molecule has 2 aliphatic rings. The zero-order chi connectivity index (χ0) is 19.4. The minimum absolute atomic E-state index is 0.0698. The van der Waals surface area contributed by atoms with Gasteiger partial charge in [0.05, 0.1) is 16.7 Å². The summed E-state index contributed by atoms with van der Waals surface area (Å²) in [5.74, 6) is 0.444. The molecule has 3 aromatic rings. The molecule has 0 saturated heterocycles. The summed E-state index contributed by atoms with van der Waals surface area (Å²) in [5.41, 5.74) is 0.717. The van der Waals surface area contributed by atoms with Crippen molar-refractivity contribution in [2.24, 2.45) is 0 Å². The number of rotatable bonds is 2. The maximum absolute atomic E-state index is 11.9. The van der Waals surface area contributed by atoms with Gasteiger partial charge in [0.15, 0.2) is 11.2 Å². The average Bonchev–Trinajstić information content (AvgIpc) is 3.15. The Morgan fingerprint density at radius 2 is 1.89 bits per heavy atom. The van der Waals surface area contributed by atoms with Crippen molar-refractivity contribution in [3.05, 3.63) is 94.3 Å². The monoisotopic (exact) mass is 388 g/mol. The van der Waals surface area contributed by atoms with Crippen molar-refractivity contribution in [2.75, 3.05) is 0 Å². The number of aromatic nitrogens is 1. The highest BCUT2D eigenvalue weighted by atomic mass is 35.5. The van der Waals surface area contributed by atoms with Crippen molar-refractivity contribution in [1.82, 2.24) is 4.98 Å². The van der Waals surface area contributed by atoms with Gasteiger partial charge >= 0.3 is 0 Å². The number of halogens is 1. The summed E-state index contributed by atoms with van der Waals surface area (Å²) in [6.45, 7) is 0. The van der Waals surface area contributed by atoms with E-state index in [0.717, 1.165) is 17.5 Å². The van der Waals surface area contributed by atoms with Crippen LogP contribution < -0.4 is 4.74 Å². The lowest BCUT2D eigenvalue weighted by molar-refractivity contribution is -0.107. The average molecular weight is 389 g/mol. The van der Waals surface area contributed by atoms with E-state index < -0.39 is 11.2 Å². The van der Waals surface area contributed by atoms with Gasteiger partial charge in [0, 0.05) is 18.2 Å². The largest absolute Gasteiger partial charge is 0.476 e. The molecule has 138 valence electrons. The highest BCUT2D eigenvalue weighted by molar-refractivity contribution is 6.30. The minimum Gasteiger partial charge on any atom is -0.476 e. The molecule has 1 aliphatic carbocycles. The zero-order valence-electron chi connectivity index (χ0n) is 15.0. The van der Waals surface area contributed by atoms with Gasteiger partial charge in [-0.15, -0.1) is 0 Å². The number of ether oxygens (including phenoxy) is 1. The van der Waals surface area contributed by atoms with Crippen molar-refractivity contribution in [1.29, 1.82) is 5.26 Å². The molecule has 2 aromatic carbocycles. The smallest absolute Gasteiger partial charge is 0.175 e. The summed E-state index contributed by atoms with van der Waals surface area (Å²) in [6, 6.07) is 21.2. The molecule has 0 amide bonds. The van der Waals surface area contributed by atoms with Gasteiger partial charge in [-0.25, -0.2) is 0 Å². The highest BCUT2D eigenvalue weighted by Crippen LogP contribution is 2.66. The Labute approximate surface area is 168 Å². The van der Waals surface area contributed by atoms with E-state index in [1.165, 1.54) is 0 Å². The van der Waals surface area contributed by atoms with Crippen LogP contribution in [0.15, 0.2) is 66.9 Å². The lowest BCUT2D eigenvalue weighted by Gasteiger charge is -2.39. The second-order valence-corrected chi connectivity index (χ2v) is 7.83. The SMILES string of the molecule is N#Cc1ccc(C23Oc4cc(Cl)cnc4C2(O)CC[C@H]3c2ccccc2)cc1. The maximum atomic E-state index is 11.9. The number of hydrogen-bond acceptors (Lipinski definition) is 4. The first-order valence-corrected chi connectivity index (χ1v) is 9.59. The molecule has 1 saturated carbocycles. The molecule has 5 heteroatoms. The number of nitriles is 1. The zero-order valence-corrected chi connectivity index (χ0v) is 15.7. The highest BCUT2D eigenvalue weighted by Gasteiger charge is 2.69. The Bertz CT molecular complexity index is 1090. The summed E-state index contributed by atoms with van der Waals surface area (Å²) < 4.78 is 6.55. The van der Waals surface area contributed by atoms with Crippen LogP contribution in [0.25, 0.3) is 0 Å². The molecule has 1 aliphatic heterocycles. The van der Waals surface area contributed by atoms with Crippen LogP contribution in [0.2, 0.25) is 5.02 Å². The Balaban J connectivity index is 1.76. The van der Waals surface area contributed by atoms with Gasteiger partial charge in [-0.1, -0.05) is 54.1 Å². The summed E-state index contributed by atoms with van der Waals surface area (Å²) in [6.07, 6.45) is 2.82. The molecule has 1 fully saturated rings. The molecule has 0 bridgehead atoms. The van der Waals surface area contributed by atoms with Crippen LogP contribution in [0, 0.1) is 11.3 Å². The molecule has 28 heavy (non-hydrogen) atoms. The number of fused-ring (bicyclic) bond motifs is 3. The summed E-state index contributed by atoms with van der Waals surface area (Å²) in [5, 5.41) is 21.6. The summed E-state index contributed by atoms with van der Waals surface area (Å²) >= 11 is 6.15. The molecule has 4 nitrogen and oxygen atoms in total. The second kappa shape index (κ2) is 6.07. The first-order valence-electron chi connectivity index (χ1n) is 9.21. The number of benzene rings is 2. The van der Waals surface area contributed by atoms with Gasteiger partial charge in [-0.3, -0.25) is 4.98 Å². The van der Waals surface area contributed by atoms with Gasteiger partial charge in [-0.2, -0.15) is 5.26 Å². The van der Waals surface area contributed by atoms with Crippen molar-refractivity contribution in [3.8, 4) is 11.8 Å². The van der Waals surface area contributed by atoms with Crippen LogP contribution in [-0.4, -0.2) is 10.1 Å². The number of aliphatic hydroxyl groups is 1. The third kappa shape index (κ3) is 2.18. The molecule has 0 radical (unpaired) electrons.